The summed E-state index contributed by atoms with van der Waals surface area (Å²) in [7, 11) is -3.11. The van der Waals surface area contributed by atoms with Crippen LogP contribution in [0.4, 0.5) is 34.1 Å². The average molecular weight is 1550 g/mol. The summed E-state index contributed by atoms with van der Waals surface area (Å²) < 4.78 is 74.7. The Morgan fingerprint density at radius 2 is 0.960 bits per heavy atom. The molecule has 6 aromatic rings. The van der Waals surface area contributed by atoms with Crippen LogP contribution in [-0.2, 0) is 56.0 Å². The summed E-state index contributed by atoms with van der Waals surface area (Å²) in [5.41, 5.74) is 22.5. The van der Waals surface area contributed by atoms with Crippen LogP contribution in [0.15, 0.2) is 143 Å². The zero-order chi connectivity index (χ0) is 76.0. The third-order valence-corrected chi connectivity index (χ3v) is 19.8. The van der Waals surface area contributed by atoms with E-state index in [1.54, 1.807) is 6.34 Å². The predicted molar refractivity (Wildman–Crippen MR) is 432 cm³/mol. The first-order valence-electron chi connectivity index (χ1n) is 35.9. The van der Waals surface area contributed by atoms with E-state index in [1.165, 1.54) is 78.9 Å². The van der Waals surface area contributed by atoms with Gasteiger partial charge in [-0.3, -0.25) is 9.79 Å². The van der Waals surface area contributed by atoms with Crippen LogP contribution in [0, 0.1) is 26.8 Å². The van der Waals surface area contributed by atoms with E-state index < -0.39 is 10.6 Å². The molecule has 1 N–H and O–H groups in total. The molecule has 0 fully saturated rings. The van der Waals surface area contributed by atoms with Gasteiger partial charge in [-0.1, -0.05) is 101 Å². The molecule has 0 aliphatic carbocycles. The van der Waals surface area contributed by atoms with E-state index in [1.807, 2.05) is 78.9 Å². The van der Waals surface area contributed by atoms with Gasteiger partial charge in [0.05, 0.1) is 41.5 Å². The number of rotatable bonds is 30. The van der Waals surface area contributed by atoms with Crippen LogP contribution in [0.25, 0.3) is 0 Å². The van der Waals surface area contributed by atoms with Crippen molar-refractivity contribution in [1.82, 2.24) is 0 Å². The van der Waals surface area contributed by atoms with Crippen molar-refractivity contribution in [3.05, 3.63) is 178 Å². The Bertz CT molecular complexity index is 3770. The molecule has 0 aromatic heterocycles. The van der Waals surface area contributed by atoms with E-state index in [4.69, 9.17) is 34.9 Å². The van der Waals surface area contributed by atoms with Crippen molar-refractivity contribution in [2.45, 2.75) is 164 Å². The van der Waals surface area contributed by atoms with Crippen molar-refractivity contribution in [3.8, 4) is 0 Å². The number of aryl methyl sites for hydroxylation is 3. The number of nitrogens with zero attached hydrogens (tertiary/aromatic N) is 5. The fourth-order valence-electron chi connectivity index (χ4n) is 11.8. The zero-order valence-electron chi connectivity index (χ0n) is 66.0. The van der Waals surface area contributed by atoms with Gasteiger partial charge in [0.25, 0.3) is 6.47 Å². The average Bonchev–Trinajstić information content (AvgIpc) is 1.62. The standard InChI is InChI=1S/C18H26NO2.2C17H25NOS.C13H12N2.C11H12N.C5H11BrOS.K.O3S/c1-14-8-9-17-16(12-14)18(3,4)15(2)19(17)10-6-5-7-11-21-13-20;2*1-13-6-7-16-15(12-13)17(3,4)14(2)18(16)8-10-19-9-5-11-20;1-3-7-12(8-4-1)14-11-15-13-9-5-2-6-10-13;1-8-11(2,3)9-6-4-5-7-10(9)12-8;6-2-4-7-3-1-5-8;;1-4(2)3/h8-9,12-13H,5-7,10-11H2,1-4H3;2*6-7,12H,5,8-11H2,1-4H3;1-11H,(H,14,15);5-7H,1-3H3;8H,1-5H2;;/q+1;;;;-1;;+1;/p+2/i/hT3. The maximum atomic E-state index is 10.1. The van der Waals surface area contributed by atoms with E-state index in [9.17, 15) is 4.79 Å². The van der Waals surface area contributed by atoms with Crippen molar-refractivity contribution in [1.29, 1.82) is 3.37 Å². The summed E-state index contributed by atoms with van der Waals surface area (Å²) in [5, 5.41) is 4.01. The van der Waals surface area contributed by atoms with Crippen molar-refractivity contribution < 1.29 is 101 Å². The molecule has 0 saturated carbocycles. The largest absolute Gasteiger partial charge is 1.00 e. The minimum Gasteiger partial charge on any atom is -0.468 e. The van der Waals surface area contributed by atoms with E-state index >= 15 is 0 Å². The minimum atomic E-state index is -3.11. The molecule has 20 heteroatoms. The number of carbonyl (C=O) groups is 1. The van der Waals surface area contributed by atoms with E-state index in [0.717, 1.165) is 175 Å². The monoisotopic (exact) mass is 1550 g/mol. The number of benzene rings is 6. The molecule has 4 heterocycles. The van der Waals surface area contributed by atoms with Gasteiger partial charge in [-0.05, 0) is 172 Å². The number of unbranched alkanes of at least 4 members (excludes halogenated alkanes) is 2. The fraction of sp³-hybridized carbons (Fsp3) is 0.481. The Labute approximate surface area is 678 Å². The molecule has 6 aromatic carbocycles. The first-order valence-corrected chi connectivity index (χ1v) is 38.5. The van der Waals surface area contributed by atoms with Gasteiger partial charge in [0, 0.05) is 98.6 Å². The van der Waals surface area contributed by atoms with Gasteiger partial charge in [0.1, 0.15) is 23.1 Å². The summed E-state index contributed by atoms with van der Waals surface area (Å²) in [4.78, 5) is 18.9. The molecule has 0 saturated heterocycles. The number of para-hydroxylation sites is 2. The molecule has 0 unspecified atom stereocenters. The van der Waals surface area contributed by atoms with Crippen LogP contribution in [0.3, 0.4) is 0 Å². The number of fused-ring (bicyclic) bond motifs is 4. The minimum absolute atomic E-state index is 0. The summed E-state index contributed by atoms with van der Waals surface area (Å²) >= 11 is 6.63. The van der Waals surface area contributed by atoms with Crippen LogP contribution in [0.2, 0.25) is 0 Å². The molecular formula is C81H113BrKN6O8S4+3. The van der Waals surface area contributed by atoms with Crippen LogP contribution in [-0.4, -0.2) is 154 Å². The Morgan fingerprint density at radius 1 is 0.535 bits per heavy atom. The maximum absolute atomic E-state index is 10.1. The summed E-state index contributed by atoms with van der Waals surface area (Å²) in [6.45, 7) is 41.9. The van der Waals surface area contributed by atoms with E-state index in [2.05, 4.69) is 209 Å². The molecule has 0 spiro atoms. The van der Waals surface area contributed by atoms with Crippen LogP contribution in [0.5, 0.6) is 0 Å². The van der Waals surface area contributed by atoms with Gasteiger partial charge in [-0.15, -0.1) is 24.3 Å². The number of hydrogen-bond donors (Lipinski definition) is 4. The summed E-state index contributed by atoms with van der Waals surface area (Å²) in [5.74, 6) is 2.58. The second-order valence-electron chi connectivity index (χ2n) is 26.9. The van der Waals surface area contributed by atoms with Crippen LogP contribution >= 0.6 is 53.5 Å². The Morgan fingerprint density at radius 3 is 1.38 bits per heavy atom. The number of alkyl halides is 1. The molecule has 0 bridgehead atoms. The number of hydrogen-bond acceptors (Lipinski definition) is 13. The van der Waals surface area contributed by atoms with Gasteiger partial charge in [-0.2, -0.15) is 69.5 Å². The number of thiol groups is 3. The third kappa shape index (κ3) is 28.8. The van der Waals surface area contributed by atoms with Crippen molar-refractivity contribution in [3.63, 3.8) is 0 Å². The van der Waals surface area contributed by atoms with Crippen molar-refractivity contribution in [2.75, 3.05) is 93.8 Å². The molecule has 10 rings (SSSR count). The smallest absolute Gasteiger partial charge is 0.468 e. The Hall–Kier alpha value is -4.39. The first kappa shape index (κ1) is 85.5. The van der Waals surface area contributed by atoms with E-state index in [0.29, 0.717) is 13.1 Å². The summed E-state index contributed by atoms with van der Waals surface area (Å²) in [6, 6.07) is 49.1. The zero-order valence-corrected chi connectivity index (χ0v) is 71.0. The number of carbonyl (C=O) groups excluding carboxylic acids is 1. The number of anilines is 1. The van der Waals surface area contributed by atoms with Crippen LogP contribution in [0.1, 0.15) is 161 Å². The molecule has 4 aliphatic rings. The van der Waals surface area contributed by atoms with Crippen molar-refractivity contribution >= 4 is 134 Å². The molecule has 14 nitrogen and oxygen atoms in total. The van der Waals surface area contributed by atoms with Gasteiger partial charge in [0.2, 0.25) is 17.1 Å². The maximum Gasteiger partial charge on any atom is 1.00 e. The van der Waals surface area contributed by atoms with Gasteiger partial charge in [0.15, 0.2) is 30.2 Å². The molecular weight excluding hydrogens is 1430 g/mol. The number of nitrogens with one attached hydrogen (secondary N) is 1. The Kier molecular flexibility index (Phi) is 40.0. The van der Waals surface area contributed by atoms with Gasteiger partial charge >= 0.3 is 62.0 Å². The number of halogens is 1. The second kappa shape index (κ2) is 47.2. The topological polar surface area (TPSA) is 151 Å². The molecule has 0 radical (unpaired) electrons. The van der Waals surface area contributed by atoms with E-state index in [-0.39, 0.29) is 73.0 Å². The molecule has 101 heavy (non-hydrogen) atoms. The SMILES string of the molecule is C(=Nc1ccccc1)Nc1ccccc1.CC1=Nc2cc[c-]cc2C1(C)C.CC1=[N+](CCCCCOC=O)c2ccc(C)cc2C1(C)C.O=S(=O)=O.[3H]SCCCOCCBr.[3H]SCCCOCC[N+]1=C(C)C(C)(C)c2cc(C)ccc21.[3H]SCCCOCC[N+]1=C(C)C(C)(C)c2cc(C)ccc21.[K+]. The van der Waals surface area contributed by atoms with Crippen molar-refractivity contribution in [2.24, 2.45) is 9.98 Å². The van der Waals surface area contributed by atoms with Gasteiger partial charge in [-0.25, -0.2) is 4.99 Å². The molecule has 0 amide bonds. The quantitative estimate of drug-likeness (QED) is 0.00398. The normalized spacial score (nSPS) is 15.1. The molecule has 544 valence electrons. The molecule has 0 atom stereocenters. The number of ether oxygens (including phenoxy) is 4. The first-order chi connectivity index (χ1) is 49.2. The third-order valence-electron chi connectivity index (χ3n) is 18.6. The van der Waals surface area contributed by atoms with Gasteiger partial charge < -0.3 is 24.3 Å². The fourth-order valence-corrected chi connectivity index (χ4v) is 12.3. The number of aliphatic imine (C=N–C) groups is 2. The molecule has 4 aliphatic heterocycles. The van der Waals surface area contributed by atoms with Crippen LogP contribution < -0.4 is 56.7 Å². The predicted octanol–water partition coefficient (Wildman–Crippen LogP) is 15.2. The second-order valence-corrected chi connectivity index (χ2v) is 29.4. The Balaban J connectivity index is 0.000000326. The summed E-state index contributed by atoms with van der Waals surface area (Å²) in [6.07, 6.45) is 7.74.